The summed E-state index contributed by atoms with van der Waals surface area (Å²) in [5.74, 6) is 0. The quantitative estimate of drug-likeness (QED) is 0.721. The molecule has 1 fully saturated rings. The minimum atomic E-state index is 0.353. The molecule has 0 saturated carbocycles. The lowest BCUT2D eigenvalue weighted by atomic mass is 10.0. The van der Waals surface area contributed by atoms with Gasteiger partial charge in [0, 0.05) is 7.11 Å². The maximum atomic E-state index is 7.00. The third-order valence-corrected chi connectivity index (χ3v) is 2.50. The summed E-state index contributed by atoms with van der Waals surface area (Å²) in [5.41, 5.74) is 1.33. The first-order valence-corrected chi connectivity index (χ1v) is 4.99. The average molecular weight is 202 g/mol. The Morgan fingerprint density at radius 2 is 1.73 bits per heavy atom. The molecule has 15 heavy (non-hydrogen) atoms. The summed E-state index contributed by atoms with van der Waals surface area (Å²) in [7, 11) is 1.00. The van der Waals surface area contributed by atoms with Gasteiger partial charge in [-0.3, -0.25) is 0 Å². The number of aliphatic hydroxyl groups excluding tert-OH is 1. The second kappa shape index (κ2) is 4.43. The normalized spacial score (nSPS) is 18.1. The first-order chi connectivity index (χ1) is 7.45. The first kappa shape index (κ1) is 10.1. The van der Waals surface area contributed by atoms with Crippen molar-refractivity contribution in [3.05, 3.63) is 48.0 Å². The summed E-state index contributed by atoms with van der Waals surface area (Å²) in [4.78, 5) is 0. The molecule has 1 saturated heterocycles. The molecule has 0 amide bonds. The van der Waals surface area contributed by atoms with Gasteiger partial charge in [0.15, 0.2) is 0 Å². The largest absolute Gasteiger partial charge is 0.400 e. The zero-order chi connectivity index (χ0) is 10.7. The van der Waals surface area contributed by atoms with E-state index in [2.05, 4.69) is 42.5 Å². The van der Waals surface area contributed by atoms with Crippen molar-refractivity contribution in [1.82, 2.24) is 0 Å². The van der Waals surface area contributed by atoms with Crippen molar-refractivity contribution in [2.45, 2.75) is 6.10 Å². The van der Waals surface area contributed by atoms with E-state index in [1.54, 1.807) is 0 Å². The molecule has 1 N–H and O–H groups in total. The standard InChI is InChI=1S/C12H10O.CH4O/c1-2-6-10-9(4-1)5-3-7-11(10)12-8-13-12;1-2/h1-7,12H,8H2;2H,1H3. The van der Waals surface area contributed by atoms with Gasteiger partial charge < -0.3 is 9.84 Å². The van der Waals surface area contributed by atoms with Crippen molar-refractivity contribution in [3.63, 3.8) is 0 Å². The van der Waals surface area contributed by atoms with Crippen LogP contribution in [-0.2, 0) is 4.74 Å². The third-order valence-electron chi connectivity index (χ3n) is 2.50. The van der Waals surface area contributed by atoms with Crippen LogP contribution in [-0.4, -0.2) is 18.8 Å². The number of hydrogen-bond acceptors (Lipinski definition) is 2. The van der Waals surface area contributed by atoms with E-state index in [1.807, 2.05) is 0 Å². The Hall–Kier alpha value is -1.38. The molecule has 0 radical (unpaired) electrons. The molecule has 1 unspecified atom stereocenters. The summed E-state index contributed by atoms with van der Waals surface area (Å²) < 4.78 is 5.30. The molecule has 2 heteroatoms. The molecule has 2 aromatic rings. The highest BCUT2D eigenvalue weighted by Gasteiger charge is 2.25. The van der Waals surface area contributed by atoms with E-state index in [1.165, 1.54) is 16.3 Å². The van der Waals surface area contributed by atoms with E-state index < -0.39 is 0 Å². The van der Waals surface area contributed by atoms with Gasteiger partial charge >= 0.3 is 0 Å². The van der Waals surface area contributed by atoms with E-state index in [9.17, 15) is 0 Å². The van der Waals surface area contributed by atoms with Crippen LogP contribution >= 0.6 is 0 Å². The molecular weight excluding hydrogens is 188 g/mol. The fraction of sp³-hybridized carbons (Fsp3) is 0.231. The number of rotatable bonds is 1. The van der Waals surface area contributed by atoms with Gasteiger partial charge in [-0.1, -0.05) is 42.5 Å². The SMILES string of the molecule is CO.c1ccc2c(C3CO3)cccc2c1. The predicted molar refractivity (Wildman–Crippen MR) is 60.8 cm³/mol. The Morgan fingerprint density at radius 1 is 1.07 bits per heavy atom. The minimum absolute atomic E-state index is 0.353. The van der Waals surface area contributed by atoms with Crippen LogP contribution in [0, 0.1) is 0 Å². The Bertz CT molecular complexity index is 442. The third kappa shape index (κ3) is 2.01. The van der Waals surface area contributed by atoms with Crippen molar-refractivity contribution in [1.29, 1.82) is 0 Å². The van der Waals surface area contributed by atoms with Crippen LogP contribution in [0.15, 0.2) is 42.5 Å². The second-order valence-electron chi connectivity index (χ2n) is 3.39. The topological polar surface area (TPSA) is 32.8 Å². The molecular formula is C13H14O2. The summed E-state index contributed by atoms with van der Waals surface area (Å²) in [6.07, 6.45) is 0.353. The van der Waals surface area contributed by atoms with Crippen molar-refractivity contribution >= 4 is 10.8 Å². The maximum absolute atomic E-state index is 7.00. The monoisotopic (exact) mass is 202 g/mol. The number of benzene rings is 2. The molecule has 0 spiro atoms. The molecule has 1 heterocycles. The predicted octanol–water partition coefficient (Wildman–Crippen LogP) is 2.52. The lowest BCUT2D eigenvalue weighted by Crippen LogP contribution is -1.82. The summed E-state index contributed by atoms with van der Waals surface area (Å²) in [6, 6.07) is 14.8. The number of epoxide rings is 1. The molecule has 2 nitrogen and oxygen atoms in total. The van der Waals surface area contributed by atoms with Crippen LogP contribution < -0.4 is 0 Å². The van der Waals surface area contributed by atoms with Crippen LogP contribution in [0.4, 0.5) is 0 Å². The zero-order valence-corrected chi connectivity index (χ0v) is 8.68. The van der Waals surface area contributed by atoms with E-state index in [0.29, 0.717) is 6.10 Å². The number of ether oxygens (including phenoxy) is 1. The maximum Gasteiger partial charge on any atom is 0.107 e. The highest BCUT2D eigenvalue weighted by atomic mass is 16.6. The smallest absolute Gasteiger partial charge is 0.107 e. The Morgan fingerprint density at radius 3 is 2.47 bits per heavy atom. The van der Waals surface area contributed by atoms with Gasteiger partial charge in [0.2, 0.25) is 0 Å². The van der Waals surface area contributed by atoms with Crippen LogP contribution in [0.5, 0.6) is 0 Å². The van der Waals surface area contributed by atoms with Crippen LogP contribution in [0.3, 0.4) is 0 Å². The number of fused-ring (bicyclic) bond motifs is 1. The number of aliphatic hydroxyl groups is 1. The fourth-order valence-electron chi connectivity index (χ4n) is 1.76. The number of hydrogen-bond donors (Lipinski definition) is 1. The summed E-state index contributed by atoms with van der Waals surface area (Å²) in [5, 5.41) is 9.63. The summed E-state index contributed by atoms with van der Waals surface area (Å²) in [6.45, 7) is 0.883. The molecule has 1 atom stereocenters. The van der Waals surface area contributed by atoms with Gasteiger partial charge in [-0.15, -0.1) is 0 Å². The highest BCUT2D eigenvalue weighted by molar-refractivity contribution is 5.86. The Labute approximate surface area is 89.1 Å². The lowest BCUT2D eigenvalue weighted by molar-refractivity contribution is 0.399. The van der Waals surface area contributed by atoms with Crippen molar-refractivity contribution < 1.29 is 9.84 Å². The Kier molecular flexibility index (Phi) is 2.99. The average Bonchev–Trinajstić information content (AvgIpc) is 3.15. The minimum Gasteiger partial charge on any atom is -0.400 e. The molecule has 1 aliphatic heterocycles. The first-order valence-electron chi connectivity index (χ1n) is 4.99. The van der Waals surface area contributed by atoms with Gasteiger partial charge in [0.05, 0.1) is 6.61 Å². The fourth-order valence-corrected chi connectivity index (χ4v) is 1.76. The molecule has 0 aromatic heterocycles. The molecule has 0 bridgehead atoms. The van der Waals surface area contributed by atoms with Gasteiger partial charge in [-0.25, -0.2) is 0 Å². The van der Waals surface area contributed by atoms with Crippen LogP contribution in [0.1, 0.15) is 11.7 Å². The van der Waals surface area contributed by atoms with E-state index >= 15 is 0 Å². The Balaban J connectivity index is 0.000000404. The highest BCUT2D eigenvalue weighted by Crippen LogP contribution is 2.34. The molecule has 78 valence electrons. The van der Waals surface area contributed by atoms with E-state index in [0.717, 1.165) is 13.7 Å². The van der Waals surface area contributed by atoms with Crippen LogP contribution in [0.2, 0.25) is 0 Å². The molecule has 0 aliphatic carbocycles. The zero-order valence-electron chi connectivity index (χ0n) is 8.68. The van der Waals surface area contributed by atoms with E-state index in [-0.39, 0.29) is 0 Å². The second-order valence-corrected chi connectivity index (χ2v) is 3.39. The molecule has 3 rings (SSSR count). The van der Waals surface area contributed by atoms with Crippen LogP contribution in [0.25, 0.3) is 10.8 Å². The molecule has 2 aromatic carbocycles. The molecule has 1 aliphatic rings. The van der Waals surface area contributed by atoms with Gasteiger partial charge in [0.1, 0.15) is 6.10 Å². The van der Waals surface area contributed by atoms with Gasteiger partial charge in [-0.2, -0.15) is 0 Å². The van der Waals surface area contributed by atoms with E-state index in [4.69, 9.17) is 9.84 Å². The summed E-state index contributed by atoms with van der Waals surface area (Å²) >= 11 is 0. The van der Waals surface area contributed by atoms with Crippen molar-refractivity contribution in [2.75, 3.05) is 13.7 Å². The van der Waals surface area contributed by atoms with Gasteiger partial charge in [0.25, 0.3) is 0 Å². The lowest BCUT2D eigenvalue weighted by Gasteiger charge is -2.02. The van der Waals surface area contributed by atoms with Crippen molar-refractivity contribution in [2.24, 2.45) is 0 Å². The van der Waals surface area contributed by atoms with Crippen molar-refractivity contribution in [3.8, 4) is 0 Å². The van der Waals surface area contributed by atoms with Gasteiger partial charge in [-0.05, 0) is 16.3 Å².